The number of hydrogen-bond acceptors (Lipinski definition) is 2. The summed E-state index contributed by atoms with van der Waals surface area (Å²) in [6.45, 7) is 0.243. The van der Waals surface area contributed by atoms with E-state index in [0.717, 1.165) is 11.1 Å². The summed E-state index contributed by atoms with van der Waals surface area (Å²) in [6, 6.07) is 14.2. The van der Waals surface area contributed by atoms with E-state index in [1.54, 1.807) is 24.3 Å². The van der Waals surface area contributed by atoms with Gasteiger partial charge in [0.05, 0.1) is 5.56 Å². The molecule has 0 fully saturated rings. The van der Waals surface area contributed by atoms with Crippen molar-refractivity contribution in [3.05, 3.63) is 54.1 Å². The van der Waals surface area contributed by atoms with Crippen LogP contribution in [0.5, 0.6) is 5.75 Å². The second-order valence-corrected chi connectivity index (χ2v) is 3.90. The first-order chi connectivity index (χ1) is 9.20. The Morgan fingerprint density at radius 1 is 1.05 bits per heavy atom. The summed E-state index contributed by atoms with van der Waals surface area (Å²) in [7, 11) is 0. The molecule has 0 aliphatic carbocycles. The summed E-state index contributed by atoms with van der Waals surface area (Å²) in [5.41, 5.74) is 2.22. The van der Waals surface area contributed by atoms with Crippen LogP contribution in [0.4, 0.5) is 0 Å². The molecule has 0 spiro atoms. The summed E-state index contributed by atoms with van der Waals surface area (Å²) in [5, 5.41) is 8.83. The SMILES string of the molecule is C#CCOc1ccc(-c2ccc(C(=O)O)cc2)cc1. The van der Waals surface area contributed by atoms with Crippen molar-refractivity contribution in [1.82, 2.24) is 0 Å². The van der Waals surface area contributed by atoms with Crippen LogP contribution in [0, 0.1) is 12.3 Å². The highest BCUT2D eigenvalue weighted by atomic mass is 16.5. The van der Waals surface area contributed by atoms with Crippen LogP contribution >= 0.6 is 0 Å². The van der Waals surface area contributed by atoms with Gasteiger partial charge in [-0.1, -0.05) is 30.2 Å². The molecule has 3 heteroatoms. The molecule has 19 heavy (non-hydrogen) atoms. The Hall–Kier alpha value is -2.73. The summed E-state index contributed by atoms with van der Waals surface area (Å²) < 4.78 is 5.28. The van der Waals surface area contributed by atoms with Crippen LogP contribution in [-0.4, -0.2) is 17.7 Å². The van der Waals surface area contributed by atoms with Crippen molar-refractivity contribution in [2.75, 3.05) is 6.61 Å². The minimum absolute atomic E-state index is 0.243. The number of rotatable bonds is 4. The smallest absolute Gasteiger partial charge is 0.335 e. The lowest BCUT2D eigenvalue weighted by atomic mass is 10.0. The highest BCUT2D eigenvalue weighted by Gasteiger charge is 2.03. The van der Waals surface area contributed by atoms with E-state index in [9.17, 15) is 4.79 Å². The van der Waals surface area contributed by atoms with Crippen molar-refractivity contribution < 1.29 is 14.6 Å². The Bertz CT molecular complexity index is 604. The van der Waals surface area contributed by atoms with Crippen molar-refractivity contribution >= 4 is 5.97 Å². The zero-order chi connectivity index (χ0) is 13.7. The number of hydrogen-bond donors (Lipinski definition) is 1. The van der Waals surface area contributed by atoms with Gasteiger partial charge >= 0.3 is 5.97 Å². The van der Waals surface area contributed by atoms with Gasteiger partial charge in [-0.2, -0.15) is 0 Å². The number of terminal acetylenes is 1. The standard InChI is InChI=1S/C16H12O3/c1-2-11-19-15-9-7-13(8-10-15)12-3-5-14(6-4-12)16(17)18/h1,3-10H,11H2,(H,17,18). The van der Waals surface area contributed by atoms with Crippen LogP contribution in [0.3, 0.4) is 0 Å². The summed E-state index contributed by atoms with van der Waals surface area (Å²) in [5.74, 6) is 2.19. The van der Waals surface area contributed by atoms with Gasteiger partial charge in [0, 0.05) is 0 Å². The molecule has 0 aliphatic heterocycles. The molecule has 0 saturated heterocycles. The van der Waals surface area contributed by atoms with Crippen LogP contribution in [0.1, 0.15) is 10.4 Å². The maximum Gasteiger partial charge on any atom is 0.335 e. The fourth-order valence-electron chi connectivity index (χ4n) is 1.67. The maximum absolute atomic E-state index is 10.8. The Labute approximate surface area is 111 Å². The first kappa shape index (κ1) is 12.7. The monoisotopic (exact) mass is 252 g/mol. The zero-order valence-corrected chi connectivity index (χ0v) is 10.2. The van der Waals surface area contributed by atoms with Crippen molar-refractivity contribution in [1.29, 1.82) is 0 Å². The van der Waals surface area contributed by atoms with Gasteiger partial charge in [0.1, 0.15) is 12.4 Å². The lowest BCUT2D eigenvalue weighted by Crippen LogP contribution is -1.95. The van der Waals surface area contributed by atoms with Gasteiger partial charge in [0.15, 0.2) is 0 Å². The molecule has 0 saturated carbocycles. The number of benzene rings is 2. The van der Waals surface area contributed by atoms with E-state index in [1.807, 2.05) is 24.3 Å². The van der Waals surface area contributed by atoms with Crippen LogP contribution in [-0.2, 0) is 0 Å². The average molecular weight is 252 g/mol. The highest BCUT2D eigenvalue weighted by Crippen LogP contribution is 2.22. The molecule has 94 valence electrons. The van der Waals surface area contributed by atoms with Gasteiger partial charge in [0.25, 0.3) is 0 Å². The third-order valence-corrected chi connectivity index (χ3v) is 2.64. The Morgan fingerprint density at radius 3 is 2.05 bits per heavy atom. The maximum atomic E-state index is 10.8. The number of carbonyl (C=O) groups is 1. The van der Waals surface area contributed by atoms with E-state index >= 15 is 0 Å². The Morgan fingerprint density at radius 2 is 1.58 bits per heavy atom. The van der Waals surface area contributed by atoms with E-state index in [4.69, 9.17) is 16.3 Å². The molecule has 2 aromatic carbocycles. The molecule has 2 rings (SSSR count). The molecule has 0 aliphatic rings. The lowest BCUT2D eigenvalue weighted by Gasteiger charge is -2.05. The van der Waals surface area contributed by atoms with Gasteiger partial charge in [-0.15, -0.1) is 6.42 Å². The third-order valence-electron chi connectivity index (χ3n) is 2.64. The Balaban J connectivity index is 2.18. The molecule has 0 aromatic heterocycles. The van der Waals surface area contributed by atoms with Crippen LogP contribution in [0.25, 0.3) is 11.1 Å². The summed E-state index contributed by atoms with van der Waals surface area (Å²) in [4.78, 5) is 10.8. The van der Waals surface area contributed by atoms with Crippen LogP contribution < -0.4 is 4.74 Å². The van der Waals surface area contributed by atoms with E-state index in [1.165, 1.54) is 0 Å². The van der Waals surface area contributed by atoms with Gasteiger partial charge in [-0.05, 0) is 35.4 Å². The highest BCUT2D eigenvalue weighted by molar-refractivity contribution is 5.88. The molecule has 3 nitrogen and oxygen atoms in total. The fourth-order valence-corrected chi connectivity index (χ4v) is 1.67. The first-order valence-corrected chi connectivity index (χ1v) is 5.71. The number of carboxylic acid groups (broad SMARTS) is 1. The van der Waals surface area contributed by atoms with E-state index in [-0.39, 0.29) is 12.2 Å². The molecular weight excluding hydrogens is 240 g/mol. The second kappa shape index (κ2) is 5.74. The fraction of sp³-hybridized carbons (Fsp3) is 0.0625. The minimum atomic E-state index is -0.926. The largest absolute Gasteiger partial charge is 0.481 e. The van der Waals surface area contributed by atoms with Crippen molar-refractivity contribution in [3.63, 3.8) is 0 Å². The van der Waals surface area contributed by atoms with Crippen molar-refractivity contribution in [2.24, 2.45) is 0 Å². The zero-order valence-electron chi connectivity index (χ0n) is 10.2. The minimum Gasteiger partial charge on any atom is -0.481 e. The summed E-state index contributed by atoms with van der Waals surface area (Å²) in [6.07, 6.45) is 5.11. The Kier molecular flexibility index (Phi) is 3.84. The lowest BCUT2D eigenvalue weighted by molar-refractivity contribution is 0.0697. The molecule has 0 heterocycles. The number of aromatic carboxylic acids is 1. The van der Waals surface area contributed by atoms with E-state index < -0.39 is 5.97 Å². The summed E-state index contributed by atoms with van der Waals surface area (Å²) >= 11 is 0. The molecule has 2 aromatic rings. The average Bonchev–Trinajstić information content (AvgIpc) is 2.46. The van der Waals surface area contributed by atoms with Gasteiger partial charge in [-0.25, -0.2) is 4.79 Å². The van der Waals surface area contributed by atoms with Crippen molar-refractivity contribution in [2.45, 2.75) is 0 Å². The second-order valence-electron chi connectivity index (χ2n) is 3.90. The third kappa shape index (κ3) is 3.14. The molecule has 0 radical (unpaired) electrons. The molecule has 0 atom stereocenters. The molecule has 0 unspecified atom stereocenters. The molecular formula is C16H12O3. The predicted octanol–water partition coefficient (Wildman–Crippen LogP) is 3.06. The van der Waals surface area contributed by atoms with Gasteiger partial charge < -0.3 is 9.84 Å². The van der Waals surface area contributed by atoms with E-state index in [2.05, 4.69) is 5.92 Å². The first-order valence-electron chi connectivity index (χ1n) is 5.71. The van der Waals surface area contributed by atoms with E-state index in [0.29, 0.717) is 5.75 Å². The molecule has 0 bridgehead atoms. The van der Waals surface area contributed by atoms with Gasteiger partial charge in [0.2, 0.25) is 0 Å². The van der Waals surface area contributed by atoms with Crippen LogP contribution in [0.2, 0.25) is 0 Å². The number of ether oxygens (including phenoxy) is 1. The molecule has 1 N–H and O–H groups in total. The topological polar surface area (TPSA) is 46.5 Å². The quantitative estimate of drug-likeness (QED) is 0.851. The van der Waals surface area contributed by atoms with Crippen molar-refractivity contribution in [3.8, 4) is 29.2 Å². The van der Waals surface area contributed by atoms with Gasteiger partial charge in [-0.3, -0.25) is 0 Å². The predicted molar refractivity (Wildman–Crippen MR) is 73.2 cm³/mol. The number of carboxylic acids is 1. The molecule has 0 amide bonds. The normalized spacial score (nSPS) is 9.63. The van der Waals surface area contributed by atoms with Crippen LogP contribution in [0.15, 0.2) is 48.5 Å².